The van der Waals surface area contributed by atoms with E-state index in [0.717, 1.165) is 49.9 Å². The Hall–Kier alpha value is -1.36. The third kappa shape index (κ3) is 2.24. The van der Waals surface area contributed by atoms with Gasteiger partial charge in [0.1, 0.15) is 0 Å². The number of aliphatic hydroxyl groups is 1. The van der Waals surface area contributed by atoms with E-state index >= 15 is 0 Å². The van der Waals surface area contributed by atoms with Crippen molar-refractivity contribution in [2.24, 2.45) is 5.92 Å². The molecule has 0 saturated carbocycles. The first-order valence-corrected chi connectivity index (χ1v) is 7.66. The Morgan fingerprint density at radius 1 is 1.50 bits per heavy atom. The molecule has 0 aromatic carbocycles. The molecule has 0 bridgehead atoms. The minimum Gasteiger partial charge on any atom is -0.396 e. The van der Waals surface area contributed by atoms with Gasteiger partial charge in [0, 0.05) is 36.4 Å². The van der Waals surface area contributed by atoms with Crippen LogP contribution in [0.15, 0.2) is 6.20 Å². The molecule has 1 aromatic rings. The van der Waals surface area contributed by atoms with Crippen LogP contribution in [0.2, 0.25) is 0 Å². The number of H-pyrrole nitrogens is 1. The number of likely N-dealkylation sites (tertiary alicyclic amines) is 1. The highest BCUT2D eigenvalue weighted by molar-refractivity contribution is 5.84. The molecule has 20 heavy (non-hydrogen) atoms. The van der Waals surface area contributed by atoms with Crippen molar-refractivity contribution in [1.82, 2.24) is 15.1 Å². The average Bonchev–Trinajstić information content (AvgIpc) is 2.95. The maximum atomic E-state index is 12.9. The third-order valence-corrected chi connectivity index (χ3v) is 5.01. The van der Waals surface area contributed by atoms with Crippen LogP contribution < -0.4 is 0 Å². The number of carbonyl (C=O) groups excluding carboxylic acids is 1. The lowest BCUT2D eigenvalue weighted by Crippen LogP contribution is -2.49. The van der Waals surface area contributed by atoms with Crippen LogP contribution in [0.5, 0.6) is 0 Å². The van der Waals surface area contributed by atoms with Gasteiger partial charge in [0.25, 0.3) is 0 Å². The number of fused-ring (bicyclic) bond motifs is 1. The molecule has 0 spiro atoms. The van der Waals surface area contributed by atoms with Crippen LogP contribution in [-0.4, -0.2) is 45.3 Å². The number of hydrogen-bond donors (Lipinski definition) is 2. The van der Waals surface area contributed by atoms with Crippen LogP contribution in [0.4, 0.5) is 0 Å². The molecule has 1 fully saturated rings. The quantitative estimate of drug-likeness (QED) is 0.859. The van der Waals surface area contributed by atoms with Crippen LogP contribution in [0.3, 0.4) is 0 Å². The molecule has 1 saturated heterocycles. The first-order valence-electron chi connectivity index (χ1n) is 7.66. The van der Waals surface area contributed by atoms with Gasteiger partial charge >= 0.3 is 0 Å². The molecule has 1 aliphatic carbocycles. The first-order chi connectivity index (χ1) is 9.72. The summed E-state index contributed by atoms with van der Waals surface area (Å²) >= 11 is 0. The smallest absolute Gasteiger partial charge is 0.230 e. The van der Waals surface area contributed by atoms with Crippen molar-refractivity contribution in [1.29, 1.82) is 0 Å². The molecule has 3 unspecified atom stereocenters. The molecular formula is C15H23N3O2. The van der Waals surface area contributed by atoms with Crippen LogP contribution in [0, 0.1) is 5.92 Å². The normalized spacial score (nSPS) is 30.1. The summed E-state index contributed by atoms with van der Waals surface area (Å²) in [7, 11) is 0. The molecule has 5 heteroatoms. The Bertz CT molecular complexity index is 485. The Morgan fingerprint density at radius 2 is 2.35 bits per heavy atom. The Labute approximate surface area is 119 Å². The Morgan fingerprint density at radius 3 is 3.15 bits per heavy atom. The van der Waals surface area contributed by atoms with Crippen molar-refractivity contribution in [2.75, 3.05) is 13.2 Å². The number of hydrogen-bond acceptors (Lipinski definition) is 3. The molecule has 110 valence electrons. The molecule has 3 atom stereocenters. The molecule has 1 amide bonds. The molecule has 3 rings (SSSR count). The second-order valence-electron chi connectivity index (χ2n) is 6.11. The SMILES string of the molecule is CC1C(CO)CCCN1C(=O)C1CCCc2[nH]ncc21. The summed E-state index contributed by atoms with van der Waals surface area (Å²) in [5.41, 5.74) is 2.21. The van der Waals surface area contributed by atoms with E-state index in [1.54, 1.807) is 0 Å². The number of aryl methyl sites for hydroxylation is 1. The highest BCUT2D eigenvalue weighted by Crippen LogP contribution is 2.34. The number of nitrogens with zero attached hydrogens (tertiary/aromatic N) is 2. The van der Waals surface area contributed by atoms with Gasteiger partial charge in [-0.05, 0) is 39.0 Å². The van der Waals surface area contributed by atoms with Crippen molar-refractivity contribution in [2.45, 2.75) is 51.0 Å². The van der Waals surface area contributed by atoms with Crippen molar-refractivity contribution >= 4 is 5.91 Å². The molecule has 2 heterocycles. The van der Waals surface area contributed by atoms with Gasteiger partial charge in [0.2, 0.25) is 5.91 Å². The monoisotopic (exact) mass is 277 g/mol. The van der Waals surface area contributed by atoms with Crippen LogP contribution >= 0.6 is 0 Å². The summed E-state index contributed by atoms with van der Waals surface area (Å²) in [6.07, 6.45) is 6.77. The zero-order valence-corrected chi connectivity index (χ0v) is 12.0. The molecule has 2 N–H and O–H groups in total. The number of aromatic amines is 1. The summed E-state index contributed by atoms with van der Waals surface area (Å²) in [6, 6.07) is 0.138. The predicted octanol–water partition coefficient (Wildman–Crippen LogP) is 1.45. The van der Waals surface area contributed by atoms with E-state index in [0.29, 0.717) is 0 Å². The first kappa shape index (κ1) is 13.6. The van der Waals surface area contributed by atoms with Gasteiger partial charge in [0.15, 0.2) is 0 Å². The van der Waals surface area contributed by atoms with E-state index in [9.17, 15) is 9.90 Å². The molecule has 2 aliphatic rings. The predicted molar refractivity (Wildman–Crippen MR) is 75.3 cm³/mol. The summed E-state index contributed by atoms with van der Waals surface area (Å²) in [4.78, 5) is 14.9. The molecule has 0 radical (unpaired) electrons. The van der Waals surface area contributed by atoms with E-state index in [1.807, 2.05) is 11.1 Å². The van der Waals surface area contributed by atoms with Crippen LogP contribution in [-0.2, 0) is 11.2 Å². The summed E-state index contributed by atoms with van der Waals surface area (Å²) < 4.78 is 0. The fourth-order valence-electron chi connectivity index (χ4n) is 3.70. The van der Waals surface area contributed by atoms with Gasteiger partial charge in [-0.1, -0.05) is 0 Å². The zero-order valence-electron chi connectivity index (χ0n) is 12.0. The number of amides is 1. The number of aromatic nitrogens is 2. The fraction of sp³-hybridized carbons (Fsp3) is 0.733. The van der Waals surface area contributed by atoms with Gasteiger partial charge in [-0.25, -0.2) is 0 Å². The van der Waals surface area contributed by atoms with Gasteiger partial charge in [-0.3, -0.25) is 9.89 Å². The van der Waals surface area contributed by atoms with E-state index in [4.69, 9.17) is 0 Å². The van der Waals surface area contributed by atoms with E-state index in [-0.39, 0.29) is 30.4 Å². The van der Waals surface area contributed by atoms with Crippen molar-refractivity contribution in [3.63, 3.8) is 0 Å². The van der Waals surface area contributed by atoms with Gasteiger partial charge in [0.05, 0.1) is 12.1 Å². The van der Waals surface area contributed by atoms with Gasteiger partial charge < -0.3 is 10.0 Å². The number of piperidine rings is 1. The molecular weight excluding hydrogens is 254 g/mol. The number of aliphatic hydroxyl groups excluding tert-OH is 1. The van der Waals surface area contributed by atoms with Crippen LogP contribution in [0.25, 0.3) is 0 Å². The second-order valence-corrected chi connectivity index (χ2v) is 6.11. The summed E-state index contributed by atoms with van der Waals surface area (Å²) in [6.45, 7) is 3.06. The number of nitrogens with one attached hydrogen (secondary N) is 1. The van der Waals surface area contributed by atoms with E-state index in [2.05, 4.69) is 17.1 Å². The average molecular weight is 277 g/mol. The van der Waals surface area contributed by atoms with Gasteiger partial charge in [-0.2, -0.15) is 5.10 Å². The van der Waals surface area contributed by atoms with Crippen LogP contribution in [0.1, 0.15) is 49.8 Å². The van der Waals surface area contributed by atoms with Crippen molar-refractivity contribution in [3.05, 3.63) is 17.5 Å². The van der Waals surface area contributed by atoms with Crippen molar-refractivity contribution in [3.8, 4) is 0 Å². The topological polar surface area (TPSA) is 69.2 Å². The Kier molecular flexibility index (Phi) is 3.78. The lowest BCUT2D eigenvalue weighted by Gasteiger charge is -2.41. The fourth-order valence-corrected chi connectivity index (χ4v) is 3.70. The summed E-state index contributed by atoms with van der Waals surface area (Å²) in [5.74, 6) is 0.399. The standard InChI is InChI=1S/C15H23N3O2/c1-10-11(9-19)4-3-7-18(10)15(20)12-5-2-6-14-13(12)8-16-17-14/h8,10-12,19H,2-7,9H2,1H3,(H,16,17). The third-order valence-electron chi connectivity index (χ3n) is 5.01. The largest absolute Gasteiger partial charge is 0.396 e. The maximum Gasteiger partial charge on any atom is 0.230 e. The minimum atomic E-state index is -0.0441. The minimum absolute atomic E-state index is 0.0441. The highest BCUT2D eigenvalue weighted by Gasteiger charge is 2.36. The van der Waals surface area contributed by atoms with Crippen molar-refractivity contribution < 1.29 is 9.90 Å². The number of rotatable bonds is 2. The summed E-state index contributed by atoms with van der Waals surface area (Å²) in [5, 5.41) is 16.6. The molecule has 1 aliphatic heterocycles. The second kappa shape index (κ2) is 5.56. The zero-order chi connectivity index (χ0) is 14.1. The Balaban J connectivity index is 1.80. The lowest BCUT2D eigenvalue weighted by molar-refractivity contribution is -0.138. The molecule has 5 nitrogen and oxygen atoms in total. The highest BCUT2D eigenvalue weighted by atomic mass is 16.3. The lowest BCUT2D eigenvalue weighted by atomic mass is 9.84. The molecule has 1 aromatic heterocycles. The number of carbonyl (C=O) groups is 1. The maximum absolute atomic E-state index is 12.9. The van der Waals surface area contributed by atoms with E-state index < -0.39 is 0 Å². The van der Waals surface area contributed by atoms with Gasteiger partial charge in [-0.15, -0.1) is 0 Å². The van der Waals surface area contributed by atoms with E-state index in [1.165, 1.54) is 0 Å².